The van der Waals surface area contributed by atoms with Crippen LogP contribution in [0, 0.1) is 0 Å². The van der Waals surface area contributed by atoms with Crippen molar-refractivity contribution in [1.82, 2.24) is 4.90 Å². The van der Waals surface area contributed by atoms with Gasteiger partial charge in [0, 0.05) is 25.2 Å². The first-order valence-corrected chi connectivity index (χ1v) is 7.74. The van der Waals surface area contributed by atoms with E-state index in [1.165, 1.54) is 12.0 Å². The van der Waals surface area contributed by atoms with Crippen LogP contribution in [0.1, 0.15) is 52.4 Å². The van der Waals surface area contributed by atoms with E-state index in [0.29, 0.717) is 19.3 Å². The Morgan fingerprint density at radius 3 is 2.70 bits per heavy atom. The molecule has 0 bridgehead atoms. The van der Waals surface area contributed by atoms with Gasteiger partial charge in [0.1, 0.15) is 0 Å². The third kappa shape index (κ3) is 4.17. The van der Waals surface area contributed by atoms with E-state index >= 15 is 0 Å². The molecule has 0 aromatic carbocycles. The molecule has 2 atom stereocenters. The van der Waals surface area contributed by atoms with E-state index < -0.39 is 6.10 Å². The highest BCUT2D eigenvalue weighted by molar-refractivity contribution is 5.95. The topological polar surface area (TPSA) is 52.9 Å². The predicted molar refractivity (Wildman–Crippen MR) is 80.9 cm³/mol. The van der Waals surface area contributed by atoms with Gasteiger partial charge in [-0.1, -0.05) is 0 Å². The van der Waals surface area contributed by atoms with Crippen molar-refractivity contribution in [2.45, 2.75) is 64.5 Å². The van der Waals surface area contributed by atoms with Crippen molar-refractivity contribution in [3.63, 3.8) is 0 Å². The lowest BCUT2D eigenvalue weighted by Gasteiger charge is -2.27. The number of rotatable bonds is 5. The summed E-state index contributed by atoms with van der Waals surface area (Å²) in [6.45, 7) is 5.82. The largest absolute Gasteiger partial charge is 0.393 e. The maximum absolute atomic E-state index is 12.0. The van der Waals surface area contributed by atoms with E-state index in [1.54, 1.807) is 0 Å². The Labute approximate surface area is 121 Å². The van der Waals surface area contributed by atoms with Gasteiger partial charge in [0.2, 0.25) is 5.91 Å². The van der Waals surface area contributed by atoms with Crippen molar-refractivity contribution < 1.29 is 9.90 Å². The summed E-state index contributed by atoms with van der Waals surface area (Å²) in [5.41, 5.74) is 2.24. The highest BCUT2D eigenvalue weighted by Gasteiger charge is 2.21. The Kier molecular flexibility index (Phi) is 5.35. The predicted octanol–water partition coefficient (Wildman–Crippen LogP) is 2.32. The molecule has 4 heteroatoms. The summed E-state index contributed by atoms with van der Waals surface area (Å²) in [4.78, 5) is 18.5. The van der Waals surface area contributed by atoms with Crippen LogP contribution in [0.5, 0.6) is 0 Å². The number of piperidine rings is 1. The molecule has 2 rings (SSSR count). The molecular formula is C16H26N2O2. The van der Waals surface area contributed by atoms with E-state index in [4.69, 9.17) is 0 Å². The quantitative estimate of drug-likeness (QED) is 0.839. The van der Waals surface area contributed by atoms with Crippen molar-refractivity contribution in [3.8, 4) is 0 Å². The summed E-state index contributed by atoms with van der Waals surface area (Å²) >= 11 is 0. The Hall–Kier alpha value is -1.16. The minimum Gasteiger partial charge on any atom is -0.393 e. The molecular weight excluding hydrogens is 252 g/mol. The molecule has 2 aliphatic heterocycles. The summed E-state index contributed by atoms with van der Waals surface area (Å²) in [5, 5.41) is 10.1. The van der Waals surface area contributed by atoms with Gasteiger partial charge < -0.3 is 10.0 Å². The number of aliphatic imine (C=N–C) groups is 1. The van der Waals surface area contributed by atoms with Crippen LogP contribution in [-0.2, 0) is 4.79 Å². The molecule has 1 unspecified atom stereocenters. The van der Waals surface area contributed by atoms with Crippen molar-refractivity contribution in [2.24, 2.45) is 4.99 Å². The fraction of sp³-hybridized carbons (Fsp3) is 0.750. The van der Waals surface area contributed by atoms with Gasteiger partial charge in [0.25, 0.3) is 0 Å². The number of aliphatic hydroxyl groups is 1. The molecule has 112 valence electrons. The van der Waals surface area contributed by atoms with Crippen LogP contribution in [-0.4, -0.2) is 46.9 Å². The van der Waals surface area contributed by atoms with Crippen LogP contribution in [0.3, 0.4) is 0 Å². The summed E-state index contributed by atoms with van der Waals surface area (Å²) in [7, 11) is 0. The summed E-state index contributed by atoms with van der Waals surface area (Å²) in [6, 6.07) is 0.107. The highest BCUT2D eigenvalue weighted by Crippen LogP contribution is 2.21. The number of nitrogens with zero attached hydrogens (tertiary/aromatic N) is 2. The van der Waals surface area contributed by atoms with E-state index in [0.717, 1.165) is 31.6 Å². The molecule has 2 heterocycles. The SMILES string of the molecule is CC1=CC(C)=NC1C[C@H](O)CCC(=O)N1CCCCC1. The number of carbonyl (C=O) groups excluding carboxylic acids is 1. The number of amides is 1. The number of likely N-dealkylation sites (tertiary alicyclic amines) is 1. The molecule has 1 saturated heterocycles. The molecule has 0 spiro atoms. The van der Waals surface area contributed by atoms with Gasteiger partial charge in [0.15, 0.2) is 0 Å². The highest BCUT2D eigenvalue weighted by atomic mass is 16.3. The molecule has 0 aromatic heterocycles. The van der Waals surface area contributed by atoms with E-state index in [1.807, 2.05) is 11.8 Å². The first-order chi connectivity index (χ1) is 9.56. The lowest BCUT2D eigenvalue weighted by molar-refractivity contribution is -0.132. The second-order valence-electron chi connectivity index (χ2n) is 6.04. The molecule has 0 radical (unpaired) electrons. The molecule has 0 aromatic rings. The molecule has 2 aliphatic rings. The van der Waals surface area contributed by atoms with Crippen molar-refractivity contribution in [3.05, 3.63) is 11.6 Å². The van der Waals surface area contributed by atoms with Crippen LogP contribution in [0.25, 0.3) is 0 Å². The Balaban J connectivity index is 1.71. The monoisotopic (exact) mass is 278 g/mol. The standard InChI is InChI=1S/C16H26N2O2/c1-12-10-13(2)17-15(12)11-14(19)6-7-16(20)18-8-4-3-5-9-18/h10,14-15,19H,3-9,11H2,1-2H3/t14-,15?/m1/s1. The van der Waals surface area contributed by atoms with Gasteiger partial charge in [-0.3, -0.25) is 9.79 Å². The summed E-state index contributed by atoms with van der Waals surface area (Å²) in [5.74, 6) is 0.196. The third-order valence-corrected chi connectivity index (χ3v) is 4.22. The zero-order valence-corrected chi connectivity index (χ0v) is 12.6. The van der Waals surface area contributed by atoms with Gasteiger partial charge in [-0.2, -0.15) is 0 Å². The normalized spacial score (nSPS) is 24.4. The maximum atomic E-state index is 12.0. The van der Waals surface area contributed by atoms with E-state index in [9.17, 15) is 9.90 Å². The van der Waals surface area contributed by atoms with E-state index in [-0.39, 0.29) is 11.9 Å². The first kappa shape index (κ1) is 15.2. The lowest BCUT2D eigenvalue weighted by Crippen LogP contribution is -2.36. The van der Waals surface area contributed by atoms with Crippen molar-refractivity contribution in [2.75, 3.05) is 13.1 Å². The average molecular weight is 278 g/mol. The van der Waals surface area contributed by atoms with Crippen LogP contribution in [0.4, 0.5) is 0 Å². The molecule has 1 N–H and O–H groups in total. The second-order valence-corrected chi connectivity index (χ2v) is 6.04. The number of carbonyl (C=O) groups is 1. The molecule has 1 fully saturated rings. The van der Waals surface area contributed by atoms with Gasteiger partial charge in [-0.25, -0.2) is 0 Å². The number of hydrogen-bond acceptors (Lipinski definition) is 3. The minimum atomic E-state index is -0.438. The van der Waals surface area contributed by atoms with Gasteiger partial charge >= 0.3 is 0 Å². The average Bonchev–Trinajstić information content (AvgIpc) is 2.75. The van der Waals surface area contributed by atoms with Crippen LogP contribution in [0.15, 0.2) is 16.6 Å². The molecule has 1 amide bonds. The fourth-order valence-electron chi connectivity index (χ4n) is 3.02. The Morgan fingerprint density at radius 2 is 2.10 bits per heavy atom. The van der Waals surface area contributed by atoms with Crippen LogP contribution in [0.2, 0.25) is 0 Å². The van der Waals surface area contributed by atoms with Crippen molar-refractivity contribution >= 4 is 11.6 Å². The molecule has 4 nitrogen and oxygen atoms in total. The molecule has 0 aliphatic carbocycles. The van der Waals surface area contributed by atoms with Gasteiger partial charge in [-0.15, -0.1) is 0 Å². The molecule has 0 saturated carbocycles. The lowest BCUT2D eigenvalue weighted by atomic mass is 10.0. The van der Waals surface area contributed by atoms with E-state index in [2.05, 4.69) is 18.0 Å². The number of allylic oxidation sites excluding steroid dienone is 1. The number of hydrogen-bond donors (Lipinski definition) is 1. The van der Waals surface area contributed by atoms with Gasteiger partial charge in [0.05, 0.1) is 12.1 Å². The second kappa shape index (κ2) is 7.02. The summed E-state index contributed by atoms with van der Waals surface area (Å²) < 4.78 is 0. The summed E-state index contributed by atoms with van der Waals surface area (Å²) in [6.07, 6.45) is 6.74. The van der Waals surface area contributed by atoms with Gasteiger partial charge in [-0.05, 0) is 57.6 Å². The fourth-order valence-corrected chi connectivity index (χ4v) is 3.02. The smallest absolute Gasteiger partial charge is 0.222 e. The van der Waals surface area contributed by atoms with Crippen molar-refractivity contribution in [1.29, 1.82) is 0 Å². The number of aliphatic hydroxyl groups excluding tert-OH is 1. The maximum Gasteiger partial charge on any atom is 0.222 e. The zero-order chi connectivity index (χ0) is 14.5. The Morgan fingerprint density at radius 1 is 1.40 bits per heavy atom. The Bertz CT molecular complexity index is 409. The zero-order valence-electron chi connectivity index (χ0n) is 12.6. The first-order valence-electron chi connectivity index (χ1n) is 7.74. The minimum absolute atomic E-state index is 0.107. The third-order valence-electron chi connectivity index (χ3n) is 4.22. The van der Waals surface area contributed by atoms with Crippen LogP contribution < -0.4 is 0 Å². The van der Waals surface area contributed by atoms with Crippen LogP contribution >= 0.6 is 0 Å². The molecule has 20 heavy (non-hydrogen) atoms.